The third-order valence-electron chi connectivity index (χ3n) is 6.01. The van der Waals surface area contributed by atoms with Crippen LogP contribution in [-0.4, -0.2) is 33.2 Å². The molecule has 0 saturated carbocycles. The van der Waals surface area contributed by atoms with Gasteiger partial charge in [-0.2, -0.15) is 0 Å². The average molecular weight is 455 g/mol. The highest BCUT2D eigenvalue weighted by molar-refractivity contribution is 7.18. The number of aryl methyl sites for hydroxylation is 3. The third kappa shape index (κ3) is 4.07. The van der Waals surface area contributed by atoms with Crippen molar-refractivity contribution in [2.75, 3.05) is 6.61 Å². The number of ether oxygens (including phenoxy) is 1. The second kappa shape index (κ2) is 9.24. The smallest absolute Gasteiger partial charge is 0.326 e. The minimum atomic E-state index is -1.07. The van der Waals surface area contributed by atoms with Crippen LogP contribution in [-0.2, 0) is 27.2 Å². The molecule has 2 unspecified atom stereocenters. The number of thiophene rings is 1. The van der Waals surface area contributed by atoms with Crippen LogP contribution in [0.5, 0.6) is 0 Å². The number of esters is 1. The summed E-state index contributed by atoms with van der Waals surface area (Å²) in [4.78, 5) is 44.6. The summed E-state index contributed by atoms with van der Waals surface area (Å²) in [6.45, 7) is 3.70. The molecule has 0 saturated heterocycles. The second-order valence-electron chi connectivity index (χ2n) is 8.03. The standard InChI is InChI=1S/C24H26N2O5S/c1-3-31-24(30)16-10-7-11-18-19(16)20-21(32-18)25-14(2)26(22(20)27)17(23(28)29)13-12-15-8-5-4-6-9-15/h4-6,8-9,16-17H,3,7,10-13H2,1-2H3,(H,28,29). The van der Waals surface area contributed by atoms with Gasteiger partial charge in [0.1, 0.15) is 16.7 Å². The van der Waals surface area contributed by atoms with E-state index in [1.54, 1.807) is 13.8 Å². The highest BCUT2D eigenvalue weighted by Gasteiger charge is 2.34. The van der Waals surface area contributed by atoms with E-state index in [0.29, 0.717) is 34.4 Å². The Morgan fingerprint density at radius 3 is 2.75 bits per heavy atom. The van der Waals surface area contributed by atoms with Crippen LogP contribution >= 0.6 is 11.3 Å². The fourth-order valence-corrected chi connectivity index (χ4v) is 5.86. The first kappa shape index (κ1) is 22.2. The Kier molecular flexibility index (Phi) is 6.41. The van der Waals surface area contributed by atoms with Gasteiger partial charge in [0, 0.05) is 4.88 Å². The quantitative estimate of drug-likeness (QED) is 0.542. The van der Waals surface area contributed by atoms with Crippen molar-refractivity contribution < 1.29 is 19.4 Å². The Balaban J connectivity index is 1.81. The summed E-state index contributed by atoms with van der Waals surface area (Å²) in [5.41, 5.74) is 1.31. The largest absolute Gasteiger partial charge is 0.480 e. The van der Waals surface area contributed by atoms with Crippen molar-refractivity contribution in [1.29, 1.82) is 0 Å². The molecular formula is C24H26N2O5S. The number of aliphatic carboxylic acids is 1. The molecule has 1 aliphatic carbocycles. The summed E-state index contributed by atoms with van der Waals surface area (Å²) in [5, 5.41) is 10.3. The third-order valence-corrected chi connectivity index (χ3v) is 7.17. The number of carbonyl (C=O) groups is 2. The first-order valence-electron chi connectivity index (χ1n) is 10.9. The minimum Gasteiger partial charge on any atom is -0.480 e. The number of hydrogen-bond donors (Lipinski definition) is 1. The summed E-state index contributed by atoms with van der Waals surface area (Å²) < 4.78 is 6.56. The van der Waals surface area contributed by atoms with E-state index in [9.17, 15) is 19.5 Å². The van der Waals surface area contributed by atoms with E-state index in [2.05, 4.69) is 4.98 Å². The molecule has 0 spiro atoms. The number of fused-ring (bicyclic) bond motifs is 3. The summed E-state index contributed by atoms with van der Waals surface area (Å²) in [7, 11) is 0. The van der Waals surface area contributed by atoms with E-state index in [0.717, 1.165) is 23.3 Å². The molecule has 3 aromatic rings. The van der Waals surface area contributed by atoms with Crippen molar-refractivity contribution in [3.8, 4) is 0 Å². The summed E-state index contributed by atoms with van der Waals surface area (Å²) in [6.07, 6.45) is 3.02. The van der Waals surface area contributed by atoms with Gasteiger partial charge in [-0.3, -0.25) is 14.2 Å². The van der Waals surface area contributed by atoms with Gasteiger partial charge in [-0.1, -0.05) is 30.3 Å². The molecule has 0 fully saturated rings. The van der Waals surface area contributed by atoms with Crippen LogP contribution < -0.4 is 5.56 Å². The molecular weight excluding hydrogens is 428 g/mol. The number of hydrogen-bond acceptors (Lipinski definition) is 6. The Labute approximate surface area is 189 Å². The number of rotatable bonds is 7. The highest BCUT2D eigenvalue weighted by Crippen LogP contribution is 2.41. The normalized spacial score (nSPS) is 16.5. The van der Waals surface area contributed by atoms with Gasteiger partial charge in [0.2, 0.25) is 0 Å². The molecule has 2 atom stereocenters. The first-order chi connectivity index (χ1) is 15.4. The fraction of sp³-hybridized carbons (Fsp3) is 0.417. The number of nitrogens with zero attached hydrogens (tertiary/aromatic N) is 2. The number of carboxylic acids is 1. The van der Waals surface area contributed by atoms with Crippen molar-refractivity contribution in [1.82, 2.24) is 9.55 Å². The monoisotopic (exact) mass is 454 g/mol. The molecule has 1 N–H and O–H groups in total. The number of benzene rings is 1. The fourth-order valence-electron chi connectivity index (χ4n) is 4.55. The topological polar surface area (TPSA) is 98.5 Å². The van der Waals surface area contributed by atoms with E-state index in [4.69, 9.17) is 4.74 Å². The van der Waals surface area contributed by atoms with Gasteiger partial charge in [-0.25, -0.2) is 9.78 Å². The first-order valence-corrected chi connectivity index (χ1v) is 11.7. The molecule has 0 radical (unpaired) electrons. The maximum atomic E-state index is 13.7. The van der Waals surface area contributed by atoms with E-state index < -0.39 is 17.9 Å². The summed E-state index contributed by atoms with van der Waals surface area (Å²) in [6, 6.07) is 8.56. The van der Waals surface area contributed by atoms with Crippen molar-refractivity contribution in [3.05, 3.63) is 62.5 Å². The molecule has 1 aliphatic rings. The lowest BCUT2D eigenvalue weighted by Crippen LogP contribution is -2.33. The molecule has 0 aliphatic heterocycles. The summed E-state index contributed by atoms with van der Waals surface area (Å²) in [5.74, 6) is -1.54. The van der Waals surface area contributed by atoms with Crippen LogP contribution in [0.15, 0.2) is 35.1 Å². The molecule has 8 heteroatoms. The number of carboxylic acid groups (broad SMARTS) is 1. The van der Waals surface area contributed by atoms with Gasteiger partial charge in [-0.15, -0.1) is 11.3 Å². The Morgan fingerprint density at radius 2 is 2.06 bits per heavy atom. The van der Waals surface area contributed by atoms with Gasteiger partial charge < -0.3 is 9.84 Å². The SMILES string of the molecule is CCOC(=O)C1CCCc2sc3nc(C)n(C(CCc4ccccc4)C(=O)O)c(=O)c3c21. The molecule has 7 nitrogen and oxygen atoms in total. The molecule has 2 heterocycles. The molecule has 2 aromatic heterocycles. The molecule has 0 bridgehead atoms. The molecule has 4 rings (SSSR count). The van der Waals surface area contributed by atoms with Gasteiger partial charge >= 0.3 is 11.9 Å². The number of aromatic nitrogens is 2. The van der Waals surface area contributed by atoms with Crippen molar-refractivity contribution >= 4 is 33.5 Å². The van der Waals surface area contributed by atoms with Crippen LogP contribution in [0.4, 0.5) is 0 Å². The zero-order chi connectivity index (χ0) is 22.8. The lowest BCUT2D eigenvalue weighted by atomic mass is 9.86. The van der Waals surface area contributed by atoms with E-state index in [1.165, 1.54) is 15.9 Å². The maximum Gasteiger partial charge on any atom is 0.326 e. The zero-order valence-corrected chi connectivity index (χ0v) is 19.0. The maximum absolute atomic E-state index is 13.7. The van der Waals surface area contributed by atoms with E-state index >= 15 is 0 Å². The molecule has 0 amide bonds. The van der Waals surface area contributed by atoms with E-state index in [1.807, 2.05) is 30.3 Å². The summed E-state index contributed by atoms with van der Waals surface area (Å²) >= 11 is 1.43. The van der Waals surface area contributed by atoms with E-state index in [-0.39, 0.29) is 24.6 Å². The van der Waals surface area contributed by atoms with Crippen LogP contribution in [0, 0.1) is 6.92 Å². The van der Waals surface area contributed by atoms with Crippen molar-refractivity contribution in [2.24, 2.45) is 0 Å². The van der Waals surface area contributed by atoms with Crippen molar-refractivity contribution in [2.45, 2.75) is 57.9 Å². The van der Waals surface area contributed by atoms with Crippen LogP contribution in [0.1, 0.15) is 60.0 Å². The van der Waals surface area contributed by atoms with Crippen LogP contribution in [0.2, 0.25) is 0 Å². The Morgan fingerprint density at radius 1 is 1.31 bits per heavy atom. The molecule has 32 heavy (non-hydrogen) atoms. The van der Waals surface area contributed by atoms with Crippen LogP contribution in [0.25, 0.3) is 10.2 Å². The Bertz CT molecular complexity index is 1210. The number of carbonyl (C=O) groups excluding carboxylic acids is 1. The molecule has 1 aromatic carbocycles. The highest BCUT2D eigenvalue weighted by atomic mass is 32.1. The predicted molar refractivity (Wildman–Crippen MR) is 122 cm³/mol. The lowest BCUT2D eigenvalue weighted by molar-refractivity contribution is -0.145. The van der Waals surface area contributed by atoms with Gasteiger partial charge in [0.25, 0.3) is 5.56 Å². The van der Waals surface area contributed by atoms with Gasteiger partial charge in [-0.05, 0) is 57.1 Å². The predicted octanol–water partition coefficient (Wildman–Crippen LogP) is 4.01. The lowest BCUT2D eigenvalue weighted by Gasteiger charge is -2.22. The van der Waals surface area contributed by atoms with Crippen LogP contribution in [0.3, 0.4) is 0 Å². The zero-order valence-electron chi connectivity index (χ0n) is 18.2. The minimum absolute atomic E-state index is 0.265. The second-order valence-corrected chi connectivity index (χ2v) is 9.11. The van der Waals surface area contributed by atoms with Gasteiger partial charge in [0.05, 0.1) is 17.9 Å². The van der Waals surface area contributed by atoms with Crippen molar-refractivity contribution in [3.63, 3.8) is 0 Å². The Hall–Kier alpha value is -3.00. The average Bonchev–Trinajstić information content (AvgIpc) is 3.14. The van der Waals surface area contributed by atoms with Gasteiger partial charge in [0.15, 0.2) is 0 Å². The molecule has 168 valence electrons.